The van der Waals surface area contributed by atoms with Crippen molar-refractivity contribution in [2.24, 2.45) is 0 Å². The van der Waals surface area contributed by atoms with Crippen LogP contribution in [-0.2, 0) is 11.3 Å². The van der Waals surface area contributed by atoms with Crippen molar-refractivity contribution in [3.05, 3.63) is 78.4 Å². The van der Waals surface area contributed by atoms with E-state index in [0.29, 0.717) is 24.0 Å². The van der Waals surface area contributed by atoms with Gasteiger partial charge in [-0.2, -0.15) is 4.98 Å². The molecule has 1 amide bonds. The molecule has 3 aromatic carbocycles. The smallest absolute Gasteiger partial charge is 0.258 e. The highest BCUT2D eigenvalue weighted by molar-refractivity contribution is 5.77. The van der Waals surface area contributed by atoms with Gasteiger partial charge in [0.05, 0.1) is 14.2 Å². The third-order valence-corrected chi connectivity index (χ3v) is 4.89. The second-order valence-corrected chi connectivity index (χ2v) is 7.09. The lowest BCUT2D eigenvalue weighted by atomic mass is 10.2. The van der Waals surface area contributed by atoms with E-state index in [0.717, 1.165) is 28.2 Å². The number of aromatic nitrogens is 2. The largest absolute Gasteiger partial charge is 0.497 e. The van der Waals surface area contributed by atoms with Gasteiger partial charge < -0.3 is 24.1 Å². The maximum absolute atomic E-state index is 12.1. The summed E-state index contributed by atoms with van der Waals surface area (Å²) in [6.07, 6.45) is 0. The van der Waals surface area contributed by atoms with Gasteiger partial charge in [-0.15, -0.1) is 0 Å². The number of benzene rings is 3. The van der Waals surface area contributed by atoms with Gasteiger partial charge in [-0.25, -0.2) is 0 Å². The molecule has 0 atom stereocenters. The molecule has 4 rings (SSSR count). The first-order valence-electron chi connectivity index (χ1n) is 10.3. The minimum Gasteiger partial charge on any atom is -0.497 e. The number of rotatable bonds is 9. The van der Waals surface area contributed by atoms with Gasteiger partial charge in [-0.05, 0) is 66.2 Å². The number of methoxy groups -OCH3 is 2. The second kappa shape index (κ2) is 10.3. The summed E-state index contributed by atoms with van der Waals surface area (Å²) in [4.78, 5) is 16.5. The van der Waals surface area contributed by atoms with Crippen LogP contribution < -0.4 is 19.5 Å². The van der Waals surface area contributed by atoms with Crippen molar-refractivity contribution in [1.29, 1.82) is 0 Å². The maximum atomic E-state index is 12.1. The highest BCUT2D eigenvalue weighted by Crippen LogP contribution is 2.25. The summed E-state index contributed by atoms with van der Waals surface area (Å²) in [6, 6.07) is 22.0. The van der Waals surface area contributed by atoms with Crippen molar-refractivity contribution >= 4 is 5.91 Å². The summed E-state index contributed by atoms with van der Waals surface area (Å²) < 4.78 is 21.2. The van der Waals surface area contributed by atoms with E-state index < -0.39 is 0 Å². The van der Waals surface area contributed by atoms with Crippen LogP contribution in [0.25, 0.3) is 22.8 Å². The molecule has 1 N–H and O–H groups in total. The van der Waals surface area contributed by atoms with E-state index in [4.69, 9.17) is 18.7 Å². The Hall–Kier alpha value is -4.33. The van der Waals surface area contributed by atoms with Gasteiger partial charge in [-0.3, -0.25) is 4.79 Å². The predicted octanol–water partition coefficient (Wildman–Crippen LogP) is 4.12. The molecule has 0 aliphatic rings. The summed E-state index contributed by atoms with van der Waals surface area (Å²) in [5.74, 6) is 2.76. The minimum atomic E-state index is -0.212. The average molecular weight is 445 g/mol. The van der Waals surface area contributed by atoms with Crippen LogP contribution in [0.15, 0.2) is 77.3 Å². The number of hydrogen-bond donors (Lipinski definition) is 1. The van der Waals surface area contributed by atoms with Crippen LogP contribution in [0.5, 0.6) is 17.2 Å². The van der Waals surface area contributed by atoms with Crippen molar-refractivity contribution in [3.63, 3.8) is 0 Å². The molecule has 1 heterocycles. The fraction of sp³-hybridized carbons (Fsp3) is 0.160. The Morgan fingerprint density at radius 1 is 0.818 bits per heavy atom. The van der Waals surface area contributed by atoms with Crippen molar-refractivity contribution in [3.8, 4) is 40.1 Å². The number of hydrogen-bond acceptors (Lipinski definition) is 7. The van der Waals surface area contributed by atoms with Gasteiger partial charge in [-0.1, -0.05) is 17.3 Å². The molecule has 0 radical (unpaired) electrons. The van der Waals surface area contributed by atoms with Gasteiger partial charge in [0.1, 0.15) is 17.2 Å². The van der Waals surface area contributed by atoms with E-state index in [-0.39, 0.29) is 12.5 Å². The highest BCUT2D eigenvalue weighted by Gasteiger charge is 2.11. The number of amides is 1. The van der Waals surface area contributed by atoms with Crippen molar-refractivity contribution < 1.29 is 23.5 Å². The van der Waals surface area contributed by atoms with E-state index in [2.05, 4.69) is 15.5 Å². The lowest BCUT2D eigenvalue weighted by molar-refractivity contribution is -0.123. The van der Waals surface area contributed by atoms with Gasteiger partial charge >= 0.3 is 0 Å². The third-order valence-electron chi connectivity index (χ3n) is 4.89. The first kappa shape index (κ1) is 21.9. The average Bonchev–Trinajstić information content (AvgIpc) is 3.37. The van der Waals surface area contributed by atoms with Crippen LogP contribution in [0.3, 0.4) is 0 Å². The molecular weight excluding hydrogens is 422 g/mol. The van der Waals surface area contributed by atoms with Gasteiger partial charge in [0.25, 0.3) is 11.8 Å². The first-order valence-corrected chi connectivity index (χ1v) is 10.3. The highest BCUT2D eigenvalue weighted by atomic mass is 16.5. The molecule has 0 saturated carbocycles. The zero-order chi connectivity index (χ0) is 23.0. The molecule has 0 unspecified atom stereocenters. The Morgan fingerprint density at radius 3 is 2.03 bits per heavy atom. The zero-order valence-electron chi connectivity index (χ0n) is 18.3. The quantitative estimate of drug-likeness (QED) is 0.414. The van der Waals surface area contributed by atoms with Gasteiger partial charge in [0.2, 0.25) is 5.82 Å². The molecular formula is C25H23N3O5. The molecule has 0 aliphatic heterocycles. The minimum absolute atomic E-state index is 0.0856. The van der Waals surface area contributed by atoms with Crippen LogP contribution in [0.2, 0.25) is 0 Å². The van der Waals surface area contributed by atoms with Gasteiger partial charge in [0, 0.05) is 17.7 Å². The van der Waals surface area contributed by atoms with Crippen LogP contribution in [0.4, 0.5) is 0 Å². The molecule has 0 fully saturated rings. The summed E-state index contributed by atoms with van der Waals surface area (Å²) in [5, 5.41) is 6.86. The fourth-order valence-electron chi connectivity index (χ4n) is 3.04. The van der Waals surface area contributed by atoms with E-state index >= 15 is 0 Å². The van der Waals surface area contributed by atoms with Crippen molar-refractivity contribution in [1.82, 2.24) is 15.5 Å². The SMILES string of the molecule is COc1ccc(CNC(=O)COc2ccc(-c3nc(-c4ccc(OC)cc4)no3)cc2)cc1. The molecule has 4 aromatic rings. The third kappa shape index (κ3) is 5.68. The van der Waals surface area contributed by atoms with Crippen molar-refractivity contribution in [2.75, 3.05) is 20.8 Å². The zero-order valence-corrected chi connectivity index (χ0v) is 18.3. The lowest BCUT2D eigenvalue weighted by Crippen LogP contribution is -2.28. The number of nitrogens with one attached hydrogen (secondary N) is 1. The Morgan fingerprint density at radius 2 is 1.39 bits per heavy atom. The molecule has 8 heteroatoms. The summed E-state index contributed by atoms with van der Waals surface area (Å²) in [5.41, 5.74) is 2.55. The lowest BCUT2D eigenvalue weighted by Gasteiger charge is -2.08. The summed E-state index contributed by atoms with van der Waals surface area (Å²) in [6.45, 7) is 0.330. The Kier molecular flexibility index (Phi) is 6.84. The monoisotopic (exact) mass is 445 g/mol. The van der Waals surface area contributed by atoms with E-state index in [1.807, 2.05) is 48.5 Å². The molecule has 0 bridgehead atoms. The van der Waals surface area contributed by atoms with Gasteiger partial charge in [0.15, 0.2) is 6.61 Å². The normalized spacial score (nSPS) is 10.5. The van der Waals surface area contributed by atoms with Crippen molar-refractivity contribution in [2.45, 2.75) is 6.54 Å². The molecule has 0 spiro atoms. The van der Waals surface area contributed by atoms with Crippen LogP contribution >= 0.6 is 0 Å². The number of nitrogens with zero attached hydrogens (tertiary/aromatic N) is 2. The summed E-state index contributed by atoms with van der Waals surface area (Å²) in [7, 11) is 3.23. The Balaban J connectivity index is 1.29. The number of ether oxygens (including phenoxy) is 3. The van der Waals surface area contributed by atoms with Crippen LogP contribution in [-0.4, -0.2) is 36.9 Å². The van der Waals surface area contributed by atoms with E-state index in [1.54, 1.807) is 38.5 Å². The molecule has 168 valence electrons. The Bertz CT molecular complexity index is 1190. The molecule has 0 saturated heterocycles. The first-order chi connectivity index (χ1) is 16.1. The summed E-state index contributed by atoms with van der Waals surface area (Å²) >= 11 is 0. The number of carbonyl (C=O) groups excluding carboxylic acids is 1. The standard InChI is InChI=1S/C25H23N3O5/c1-30-20-9-3-17(4-10-20)15-26-23(29)16-32-22-13-7-19(8-14-22)25-27-24(28-33-25)18-5-11-21(31-2)12-6-18/h3-14H,15-16H2,1-2H3,(H,26,29). The fourth-order valence-corrected chi connectivity index (χ4v) is 3.04. The molecule has 1 aromatic heterocycles. The Labute approximate surface area is 191 Å². The van der Waals surface area contributed by atoms with Crippen LogP contribution in [0.1, 0.15) is 5.56 Å². The second-order valence-electron chi connectivity index (χ2n) is 7.09. The maximum Gasteiger partial charge on any atom is 0.258 e. The predicted molar refractivity (Wildman–Crippen MR) is 122 cm³/mol. The molecule has 8 nitrogen and oxygen atoms in total. The molecule has 0 aliphatic carbocycles. The molecule has 33 heavy (non-hydrogen) atoms. The topological polar surface area (TPSA) is 95.7 Å². The van der Waals surface area contributed by atoms with E-state index in [9.17, 15) is 4.79 Å². The van der Waals surface area contributed by atoms with Crippen LogP contribution in [0, 0.1) is 0 Å². The number of carbonyl (C=O) groups is 1. The van der Waals surface area contributed by atoms with E-state index in [1.165, 1.54) is 0 Å².